The number of carboxylic acids is 1. The Bertz CT molecular complexity index is 220. The molecule has 0 bridgehead atoms. The Morgan fingerprint density at radius 1 is 1.62 bits per heavy atom. The molecule has 13 heavy (non-hydrogen) atoms. The predicted molar refractivity (Wildman–Crippen MR) is 44.2 cm³/mol. The SMILES string of the molecule is CCC1(NC(=O)C(=O)O)CCOC1. The highest BCUT2D eigenvalue weighted by atomic mass is 16.5. The summed E-state index contributed by atoms with van der Waals surface area (Å²) in [7, 11) is 0. The van der Waals surface area contributed by atoms with E-state index in [0.717, 1.165) is 0 Å². The maximum absolute atomic E-state index is 10.9. The first-order valence-electron chi connectivity index (χ1n) is 4.23. The molecule has 1 aliphatic heterocycles. The summed E-state index contributed by atoms with van der Waals surface area (Å²) >= 11 is 0. The number of ether oxygens (including phenoxy) is 1. The van der Waals surface area contributed by atoms with Crippen LogP contribution in [0.3, 0.4) is 0 Å². The Hall–Kier alpha value is -1.10. The van der Waals surface area contributed by atoms with Crippen molar-refractivity contribution in [2.75, 3.05) is 13.2 Å². The second-order valence-electron chi connectivity index (χ2n) is 3.20. The Morgan fingerprint density at radius 3 is 2.69 bits per heavy atom. The maximum Gasteiger partial charge on any atom is 0.394 e. The first-order chi connectivity index (χ1) is 6.09. The third-order valence-electron chi connectivity index (χ3n) is 2.35. The molecule has 1 saturated heterocycles. The molecule has 0 aromatic heterocycles. The fourth-order valence-corrected chi connectivity index (χ4v) is 1.37. The van der Waals surface area contributed by atoms with Crippen LogP contribution in [0.4, 0.5) is 0 Å². The molecule has 5 nitrogen and oxygen atoms in total. The van der Waals surface area contributed by atoms with Gasteiger partial charge in [-0.05, 0) is 12.8 Å². The van der Waals surface area contributed by atoms with E-state index in [4.69, 9.17) is 9.84 Å². The van der Waals surface area contributed by atoms with Gasteiger partial charge in [-0.25, -0.2) is 4.79 Å². The molecule has 5 heteroatoms. The number of carboxylic acid groups (broad SMARTS) is 1. The van der Waals surface area contributed by atoms with Crippen LogP contribution < -0.4 is 5.32 Å². The highest BCUT2D eigenvalue weighted by Gasteiger charge is 2.35. The molecule has 1 unspecified atom stereocenters. The molecule has 1 rings (SSSR count). The van der Waals surface area contributed by atoms with Gasteiger partial charge in [0.15, 0.2) is 0 Å². The van der Waals surface area contributed by atoms with Gasteiger partial charge in [0.1, 0.15) is 0 Å². The van der Waals surface area contributed by atoms with Gasteiger partial charge < -0.3 is 15.2 Å². The highest BCUT2D eigenvalue weighted by Crippen LogP contribution is 2.21. The maximum atomic E-state index is 10.9. The molecular formula is C8H13NO4. The van der Waals surface area contributed by atoms with E-state index in [9.17, 15) is 9.59 Å². The molecule has 0 radical (unpaired) electrons. The molecule has 0 spiro atoms. The molecule has 1 amide bonds. The lowest BCUT2D eigenvalue weighted by molar-refractivity contribution is -0.151. The second-order valence-corrected chi connectivity index (χ2v) is 3.20. The lowest BCUT2D eigenvalue weighted by Gasteiger charge is -2.25. The third kappa shape index (κ3) is 2.18. The Balaban J connectivity index is 2.58. The molecule has 0 saturated carbocycles. The molecule has 0 aromatic carbocycles. The Morgan fingerprint density at radius 2 is 2.31 bits per heavy atom. The molecule has 1 fully saturated rings. The molecule has 1 aliphatic rings. The number of carbonyl (C=O) groups excluding carboxylic acids is 1. The van der Waals surface area contributed by atoms with E-state index in [-0.39, 0.29) is 0 Å². The summed E-state index contributed by atoms with van der Waals surface area (Å²) in [5, 5.41) is 10.9. The normalized spacial score (nSPS) is 27.2. The number of hydrogen-bond acceptors (Lipinski definition) is 3. The number of nitrogens with one attached hydrogen (secondary N) is 1. The minimum atomic E-state index is -1.44. The van der Waals surface area contributed by atoms with Crippen molar-refractivity contribution >= 4 is 11.9 Å². The second kappa shape index (κ2) is 3.74. The van der Waals surface area contributed by atoms with Crippen LogP contribution in [0.25, 0.3) is 0 Å². The largest absolute Gasteiger partial charge is 0.474 e. The van der Waals surface area contributed by atoms with E-state index < -0.39 is 17.4 Å². The van der Waals surface area contributed by atoms with Gasteiger partial charge in [0.2, 0.25) is 0 Å². The summed E-state index contributed by atoms with van der Waals surface area (Å²) in [4.78, 5) is 21.2. The zero-order valence-corrected chi connectivity index (χ0v) is 7.50. The molecule has 1 atom stereocenters. The van der Waals surface area contributed by atoms with Crippen molar-refractivity contribution in [3.63, 3.8) is 0 Å². The van der Waals surface area contributed by atoms with Crippen LogP contribution in [-0.2, 0) is 14.3 Å². The smallest absolute Gasteiger partial charge is 0.394 e. The third-order valence-corrected chi connectivity index (χ3v) is 2.35. The number of carbonyl (C=O) groups is 2. The lowest BCUT2D eigenvalue weighted by atomic mass is 9.95. The Kier molecular flexibility index (Phi) is 2.87. The van der Waals surface area contributed by atoms with Crippen LogP contribution in [0.5, 0.6) is 0 Å². The molecular weight excluding hydrogens is 174 g/mol. The van der Waals surface area contributed by atoms with E-state index >= 15 is 0 Å². The first kappa shape index (κ1) is 9.98. The van der Waals surface area contributed by atoms with Gasteiger partial charge in [0, 0.05) is 6.61 Å². The standard InChI is InChI=1S/C8H13NO4/c1-2-8(3-4-13-5-8)9-6(10)7(11)12/h2-5H2,1H3,(H,9,10)(H,11,12). The summed E-state index contributed by atoms with van der Waals surface area (Å²) in [6.45, 7) is 2.88. The van der Waals surface area contributed by atoms with Gasteiger partial charge in [0.25, 0.3) is 0 Å². The molecule has 0 aliphatic carbocycles. The monoisotopic (exact) mass is 187 g/mol. The summed E-state index contributed by atoms with van der Waals surface area (Å²) in [5.41, 5.74) is -0.463. The topological polar surface area (TPSA) is 75.6 Å². The number of hydrogen-bond donors (Lipinski definition) is 2. The van der Waals surface area contributed by atoms with Gasteiger partial charge >= 0.3 is 11.9 Å². The van der Waals surface area contributed by atoms with Crippen LogP contribution in [-0.4, -0.2) is 35.7 Å². The van der Waals surface area contributed by atoms with E-state index in [1.54, 1.807) is 0 Å². The fraction of sp³-hybridized carbons (Fsp3) is 0.750. The van der Waals surface area contributed by atoms with E-state index in [1.807, 2.05) is 6.92 Å². The van der Waals surface area contributed by atoms with Crippen LogP contribution in [0.2, 0.25) is 0 Å². The van der Waals surface area contributed by atoms with Gasteiger partial charge in [-0.2, -0.15) is 0 Å². The Labute approximate surface area is 76.1 Å². The van der Waals surface area contributed by atoms with Crippen molar-refractivity contribution < 1.29 is 19.4 Å². The number of amides is 1. The average Bonchev–Trinajstić information content (AvgIpc) is 2.54. The molecule has 74 valence electrons. The quantitative estimate of drug-likeness (QED) is 0.585. The summed E-state index contributed by atoms with van der Waals surface area (Å²) in [6, 6.07) is 0. The lowest BCUT2D eigenvalue weighted by Crippen LogP contribution is -2.50. The summed E-state index contributed by atoms with van der Waals surface area (Å²) in [5.74, 6) is -2.40. The number of rotatable bonds is 2. The predicted octanol–water partition coefficient (Wildman–Crippen LogP) is -0.244. The summed E-state index contributed by atoms with van der Waals surface area (Å²) < 4.78 is 5.12. The first-order valence-corrected chi connectivity index (χ1v) is 4.23. The van der Waals surface area contributed by atoms with Crippen molar-refractivity contribution in [1.29, 1.82) is 0 Å². The van der Waals surface area contributed by atoms with Gasteiger partial charge in [-0.15, -0.1) is 0 Å². The van der Waals surface area contributed by atoms with Crippen LogP contribution >= 0.6 is 0 Å². The minimum absolute atomic E-state index is 0.405. The van der Waals surface area contributed by atoms with Gasteiger partial charge in [0.05, 0.1) is 12.1 Å². The van der Waals surface area contributed by atoms with E-state index in [2.05, 4.69) is 5.32 Å². The van der Waals surface area contributed by atoms with E-state index in [1.165, 1.54) is 0 Å². The summed E-state index contributed by atoms with van der Waals surface area (Å²) in [6.07, 6.45) is 1.37. The zero-order valence-electron chi connectivity index (χ0n) is 7.50. The molecule has 1 heterocycles. The van der Waals surface area contributed by atoms with Crippen molar-refractivity contribution in [3.05, 3.63) is 0 Å². The average molecular weight is 187 g/mol. The van der Waals surface area contributed by atoms with Crippen molar-refractivity contribution in [2.45, 2.75) is 25.3 Å². The van der Waals surface area contributed by atoms with Crippen LogP contribution in [0, 0.1) is 0 Å². The fourth-order valence-electron chi connectivity index (χ4n) is 1.37. The van der Waals surface area contributed by atoms with Crippen molar-refractivity contribution in [3.8, 4) is 0 Å². The van der Waals surface area contributed by atoms with Crippen LogP contribution in [0.1, 0.15) is 19.8 Å². The van der Waals surface area contributed by atoms with E-state index in [0.29, 0.717) is 26.1 Å². The minimum Gasteiger partial charge on any atom is -0.474 e. The van der Waals surface area contributed by atoms with Crippen molar-refractivity contribution in [2.24, 2.45) is 0 Å². The molecule has 2 N–H and O–H groups in total. The molecule has 0 aromatic rings. The van der Waals surface area contributed by atoms with Crippen molar-refractivity contribution in [1.82, 2.24) is 5.32 Å². The number of aliphatic carboxylic acids is 1. The highest BCUT2D eigenvalue weighted by molar-refractivity contribution is 6.31. The van der Waals surface area contributed by atoms with Crippen LogP contribution in [0.15, 0.2) is 0 Å². The zero-order chi connectivity index (χ0) is 9.90. The van der Waals surface area contributed by atoms with Gasteiger partial charge in [-0.1, -0.05) is 6.92 Å². The van der Waals surface area contributed by atoms with Gasteiger partial charge in [-0.3, -0.25) is 4.79 Å².